The maximum Gasteiger partial charge on any atom is 0.410 e. The number of hydrogen-bond donors (Lipinski definition) is 5. The summed E-state index contributed by atoms with van der Waals surface area (Å²) in [6.07, 6.45) is 8.08. The normalized spacial score (nSPS) is 20.0. The van der Waals surface area contributed by atoms with Gasteiger partial charge in [-0.2, -0.15) is 10.2 Å². The number of amides is 3. The number of anilines is 2. The summed E-state index contributed by atoms with van der Waals surface area (Å²) in [7, 11) is 0. The molecule has 0 bridgehead atoms. The lowest BCUT2D eigenvalue weighted by Gasteiger charge is -2.45. The van der Waals surface area contributed by atoms with Crippen LogP contribution in [0.3, 0.4) is 0 Å². The summed E-state index contributed by atoms with van der Waals surface area (Å²) in [4.78, 5) is 38.0. The van der Waals surface area contributed by atoms with E-state index in [1.54, 1.807) is 13.9 Å². The Kier molecular flexibility index (Phi) is 11.0. The van der Waals surface area contributed by atoms with Gasteiger partial charge in [-0.3, -0.25) is 9.59 Å². The van der Waals surface area contributed by atoms with Crippen LogP contribution in [0.5, 0.6) is 0 Å². The summed E-state index contributed by atoms with van der Waals surface area (Å²) in [5.41, 5.74) is 14.2. The predicted octanol–water partition coefficient (Wildman–Crippen LogP) is 5.64. The second-order valence-corrected chi connectivity index (χ2v) is 17.4. The molecule has 2 saturated heterocycles. The molecule has 51 heavy (non-hydrogen) atoms. The first-order valence-electron chi connectivity index (χ1n) is 16.9. The van der Waals surface area contributed by atoms with Crippen molar-refractivity contribution in [3.63, 3.8) is 0 Å². The molecule has 276 valence electrons. The molecule has 4 aromatic rings. The number of carbonyl (C=O) groups excluding carboxylic acids is 3. The Bertz CT molecular complexity index is 1950. The van der Waals surface area contributed by atoms with Crippen LogP contribution in [0, 0.1) is 10.8 Å². The first-order valence-corrected chi connectivity index (χ1v) is 18.5. The van der Waals surface area contributed by atoms with E-state index in [-0.39, 0.29) is 29.0 Å². The zero-order valence-electron chi connectivity index (χ0n) is 30.1. The quantitative estimate of drug-likeness (QED) is 0.164. The molecule has 14 nitrogen and oxygen atoms in total. The lowest BCUT2D eigenvalue weighted by Crippen LogP contribution is -2.54. The fourth-order valence-electron chi connectivity index (χ4n) is 6.62. The van der Waals surface area contributed by atoms with Gasteiger partial charge in [-0.25, -0.2) is 13.8 Å². The van der Waals surface area contributed by atoms with E-state index in [2.05, 4.69) is 85.7 Å². The van der Waals surface area contributed by atoms with E-state index in [4.69, 9.17) is 16.2 Å². The van der Waals surface area contributed by atoms with Gasteiger partial charge in [0, 0.05) is 58.5 Å². The van der Waals surface area contributed by atoms with Gasteiger partial charge in [0.25, 0.3) is 11.8 Å². The maximum atomic E-state index is 12.5. The highest BCUT2D eigenvalue weighted by Gasteiger charge is 2.40. The van der Waals surface area contributed by atoms with Crippen molar-refractivity contribution in [3.05, 3.63) is 57.0 Å². The second-order valence-electron chi connectivity index (χ2n) is 15.6. The number of nitrogens with one attached hydrogen (secondary N) is 3. The highest BCUT2D eigenvalue weighted by atomic mass is 79.9. The molecule has 4 aromatic heterocycles. The number of halogens is 2. The number of fused-ring (bicyclic) bond motifs is 2. The van der Waals surface area contributed by atoms with E-state index in [1.165, 1.54) is 12.4 Å². The smallest absolute Gasteiger partial charge is 0.410 e. The highest BCUT2D eigenvalue weighted by molar-refractivity contribution is 9.10. The van der Waals surface area contributed by atoms with Crippen molar-refractivity contribution in [2.75, 3.05) is 36.8 Å². The second kappa shape index (κ2) is 14.6. The minimum absolute atomic E-state index is 0.0270. The van der Waals surface area contributed by atoms with E-state index < -0.39 is 17.4 Å². The van der Waals surface area contributed by atoms with Crippen LogP contribution in [0.2, 0.25) is 0 Å². The van der Waals surface area contributed by atoms with Gasteiger partial charge in [0.05, 0.1) is 45.9 Å². The lowest BCUT2D eigenvalue weighted by atomic mass is 9.79. The van der Waals surface area contributed by atoms with Crippen LogP contribution in [-0.4, -0.2) is 85.9 Å². The maximum absolute atomic E-state index is 12.5. The van der Waals surface area contributed by atoms with Gasteiger partial charge in [0.2, 0.25) is 0 Å². The van der Waals surface area contributed by atoms with E-state index in [1.807, 2.05) is 45.3 Å². The van der Waals surface area contributed by atoms with Gasteiger partial charge in [0.1, 0.15) is 5.60 Å². The Labute approximate surface area is 314 Å². The number of hydrogen-bond acceptors (Lipinski definition) is 9. The summed E-state index contributed by atoms with van der Waals surface area (Å²) >= 11 is 6.91. The summed E-state index contributed by atoms with van der Waals surface area (Å²) in [6, 6.07) is 4.12. The molecule has 0 saturated carbocycles. The molecule has 16 heteroatoms. The van der Waals surface area contributed by atoms with Gasteiger partial charge in [0.15, 0.2) is 0 Å². The topological polar surface area (TPSA) is 186 Å². The molecule has 0 spiro atoms. The number of primary amides is 2. The average Bonchev–Trinajstić information content (AvgIpc) is 3.59. The van der Waals surface area contributed by atoms with Crippen LogP contribution >= 0.6 is 31.9 Å². The van der Waals surface area contributed by atoms with Crippen LogP contribution in [0.1, 0.15) is 82.0 Å². The van der Waals surface area contributed by atoms with Gasteiger partial charge < -0.3 is 37.1 Å². The molecule has 0 aliphatic carbocycles. The molecule has 6 rings (SSSR count). The number of carbonyl (C=O) groups is 3. The molecule has 0 radical (unpaired) electrons. The first-order chi connectivity index (χ1) is 23.8. The Morgan fingerprint density at radius 2 is 1.35 bits per heavy atom. The van der Waals surface area contributed by atoms with Crippen molar-refractivity contribution < 1.29 is 19.1 Å². The fraction of sp³-hybridized carbons (Fsp3) is 0.514. The fourth-order valence-corrected chi connectivity index (χ4v) is 7.44. The Balaban J connectivity index is 0.000000205. The highest BCUT2D eigenvalue weighted by Crippen LogP contribution is 2.36. The average molecular weight is 833 g/mol. The summed E-state index contributed by atoms with van der Waals surface area (Å²) in [5.74, 6) is -1.01. The molecule has 2 fully saturated rings. The van der Waals surface area contributed by atoms with E-state index >= 15 is 0 Å². The summed E-state index contributed by atoms with van der Waals surface area (Å²) in [5, 5.41) is 19.0. The molecule has 2 unspecified atom stereocenters. The molecule has 2 atom stereocenters. The van der Waals surface area contributed by atoms with Crippen LogP contribution in [-0.2, 0) is 4.74 Å². The Hall–Kier alpha value is -3.89. The minimum Gasteiger partial charge on any atom is -0.444 e. The largest absolute Gasteiger partial charge is 0.444 e. The zero-order valence-corrected chi connectivity index (χ0v) is 33.3. The first kappa shape index (κ1) is 38.3. The van der Waals surface area contributed by atoms with Crippen molar-refractivity contribution in [2.24, 2.45) is 22.3 Å². The van der Waals surface area contributed by atoms with Crippen molar-refractivity contribution in [1.82, 2.24) is 29.4 Å². The third kappa shape index (κ3) is 8.78. The van der Waals surface area contributed by atoms with E-state index in [9.17, 15) is 14.4 Å². The van der Waals surface area contributed by atoms with Crippen LogP contribution in [0.15, 0.2) is 45.9 Å². The zero-order chi connectivity index (χ0) is 37.5. The number of ether oxygens (including phenoxy) is 1. The molecular formula is C35H48Br2N10O4. The van der Waals surface area contributed by atoms with E-state index in [0.29, 0.717) is 36.3 Å². The van der Waals surface area contributed by atoms with Crippen molar-refractivity contribution in [2.45, 2.75) is 79.0 Å². The SMILES string of the molecule is CC(C)(C)OC(=O)N1CCC(Nc2c(C(N)=O)cnn3cc(Br)cc23)C(C)(C)C1.CC1(C)CNCCC1Nc1c(C(N)=O)cnn2cc(Br)cc12. The van der Waals surface area contributed by atoms with Crippen molar-refractivity contribution >= 4 is 72.2 Å². The third-order valence-electron chi connectivity index (χ3n) is 9.39. The third-order valence-corrected chi connectivity index (χ3v) is 10.3. The predicted molar refractivity (Wildman–Crippen MR) is 205 cm³/mol. The van der Waals surface area contributed by atoms with Crippen LogP contribution in [0.25, 0.3) is 11.0 Å². The molecule has 0 aromatic carbocycles. The number of likely N-dealkylation sites (tertiary alicyclic amines) is 1. The number of piperidine rings is 2. The van der Waals surface area contributed by atoms with Gasteiger partial charge in [-0.1, -0.05) is 27.7 Å². The van der Waals surface area contributed by atoms with Gasteiger partial charge in [-0.05, 0) is 89.6 Å². The van der Waals surface area contributed by atoms with Gasteiger partial charge >= 0.3 is 6.09 Å². The minimum atomic E-state index is -0.538. The summed E-state index contributed by atoms with van der Waals surface area (Å²) < 4.78 is 10.7. The molecule has 6 heterocycles. The number of aromatic nitrogens is 4. The Morgan fingerprint density at radius 3 is 1.78 bits per heavy atom. The van der Waals surface area contributed by atoms with E-state index in [0.717, 1.165) is 45.2 Å². The molecule has 2 aliphatic rings. The number of rotatable bonds is 6. The Morgan fingerprint density at radius 1 is 0.863 bits per heavy atom. The molecule has 2 aliphatic heterocycles. The van der Waals surface area contributed by atoms with Gasteiger partial charge in [-0.15, -0.1) is 0 Å². The molecular weight excluding hydrogens is 784 g/mol. The van der Waals surface area contributed by atoms with Crippen molar-refractivity contribution in [3.8, 4) is 0 Å². The van der Waals surface area contributed by atoms with Crippen LogP contribution < -0.4 is 27.4 Å². The molecule has 7 N–H and O–H groups in total. The lowest BCUT2D eigenvalue weighted by molar-refractivity contribution is 0.00691. The van der Waals surface area contributed by atoms with Crippen molar-refractivity contribution in [1.29, 1.82) is 0 Å². The standard InChI is InChI=1S/C20H28BrN5O3.C15H20BrN5O/c1-19(2,3)29-18(28)25-7-6-15(20(4,5)11-25)24-16-13(17(22)27)9-23-26-10-12(21)8-14(16)26;1-15(2)8-18-4-3-12(15)20-13-10(14(17)22)6-19-21-7-9(16)5-11(13)21/h8-10,15,24H,6-7,11H2,1-5H3,(H2,22,27);5-7,12,18,20H,3-4,8H2,1-2H3,(H2,17,22). The number of nitrogens with zero attached hydrogens (tertiary/aromatic N) is 5. The molecule has 3 amide bonds. The summed E-state index contributed by atoms with van der Waals surface area (Å²) in [6.45, 7) is 17.2. The monoisotopic (exact) mass is 830 g/mol. The number of nitrogens with two attached hydrogens (primary N) is 2. The van der Waals surface area contributed by atoms with Crippen LogP contribution in [0.4, 0.5) is 16.2 Å².